The summed E-state index contributed by atoms with van der Waals surface area (Å²) in [6, 6.07) is 3.93. The molecule has 18 heavy (non-hydrogen) atoms. The molecule has 3 nitrogen and oxygen atoms in total. The summed E-state index contributed by atoms with van der Waals surface area (Å²) in [5.74, 6) is -0.197. The van der Waals surface area contributed by atoms with E-state index in [1.807, 2.05) is 0 Å². The molecule has 0 saturated carbocycles. The lowest BCUT2D eigenvalue weighted by atomic mass is 10.0. The summed E-state index contributed by atoms with van der Waals surface area (Å²) in [6.45, 7) is 0. The van der Waals surface area contributed by atoms with Gasteiger partial charge in [-0.3, -0.25) is 4.79 Å². The fourth-order valence-corrected chi connectivity index (χ4v) is 2.81. The minimum Gasteiger partial charge on any atom is -0.482 e. The van der Waals surface area contributed by atoms with Crippen LogP contribution in [0, 0.1) is 5.82 Å². The monoisotopic (exact) mass is 283 g/mol. The van der Waals surface area contributed by atoms with E-state index in [1.165, 1.54) is 35.7 Å². The van der Waals surface area contributed by atoms with Crippen molar-refractivity contribution in [1.82, 2.24) is 4.98 Å². The van der Waals surface area contributed by atoms with Crippen molar-refractivity contribution in [2.24, 2.45) is 0 Å². The van der Waals surface area contributed by atoms with Crippen LogP contribution in [0.4, 0.5) is 4.39 Å². The zero-order chi connectivity index (χ0) is 12.7. The number of rotatable bonds is 1. The predicted molar refractivity (Wildman–Crippen MR) is 65.8 cm³/mol. The van der Waals surface area contributed by atoms with Crippen molar-refractivity contribution in [2.75, 3.05) is 0 Å². The van der Waals surface area contributed by atoms with Gasteiger partial charge < -0.3 is 4.74 Å². The smallest absolute Gasteiger partial charge is 0.170 e. The highest BCUT2D eigenvalue weighted by molar-refractivity contribution is 7.15. The van der Waals surface area contributed by atoms with E-state index in [-0.39, 0.29) is 17.8 Å². The number of aromatic nitrogens is 1. The van der Waals surface area contributed by atoms with Gasteiger partial charge in [-0.05, 0) is 18.2 Å². The maximum Gasteiger partial charge on any atom is 0.170 e. The molecule has 0 fully saturated rings. The average molecular weight is 284 g/mol. The number of benzene rings is 1. The largest absolute Gasteiger partial charge is 0.482 e. The molecule has 92 valence electrons. The van der Waals surface area contributed by atoms with Crippen LogP contribution >= 0.6 is 22.9 Å². The number of carbonyl (C=O) groups is 1. The maximum absolute atomic E-state index is 13.1. The molecule has 1 aromatic heterocycles. The van der Waals surface area contributed by atoms with E-state index in [1.54, 1.807) is 0 Å². The van der Waals surface area contributed by atoms with E-state index in [2.05, 4.69) is 4.98 Å². The zero-order valence-corrected chi connectivity index (χ0v) is 10.6. The van der Waals surface area contributed by atoms with E-state index >= 15 is 0 Å². The number of hydrogen-bond donors (Lipinski definition) is 0. The SMILES string of the molecule is O=C1CC(c2ncc(Cl)s2)Oc2ccc(F)cc21. The Morgan fingerprint density at radius 1 is 1.50 bits per heavy atom. The van der Waals surface area contributed by atoms with E-state index < -0.39 is 11.9 Å². The molecule has 0 saturated heterocycles. The first-order valence-corrected chi connectivity index (χ1v) is 6.43. The summed E-state index contributed by atoms with van der Waals surface area (Å²) < 4.78 is 19.3. The third kappa shape index (κ3) is 2.00. The Balaban J connectivity index is 1.96. The van der Waals surface area contributed by atoms with Crippen molar-refractivity contribution < 1.29 is 13.9 Å². The fourth-order valence-electron chi connectivity index (χ4n) is 1.85. The van der Waals surface area contributed by atoms with E-state index in [0.29, 0.717) is 15.1 Å². The van der Waals surface area contributed by atoms with Crippen molar-refractivity contribution in [3.8, 4) is 5.75 Å². The quantitative estimate of drug-likeness (QED) is 0.802. The molecule has 0 N–H and O–H groups in total. The molecule has 1 atom stereocenters. The van der Waals surface area contributed by atoms with Gasteiger partial charge in [-0.25, -0.2) is 9.37 Å². The maximum atomic E-state index is 13.1. The van der Waals surface area contributed by atoms with Crippen molar-refractivity contribution in [2.45, 2.75) is 12.5 Å². The Labute approximate surface area is 111 Å². The molecule has 0 spiro atoms. The van der Waals surface area contributed by atoms with Crippen LogP contribution in [0.15, 0.2) is 24.4 Å². The summed E-state index contributed by atoms with van der Waals surface area (Å²) in [7, 11) is 0. The lowest BCUT2D eigenvalue weighted by Gasteiger charge is -2.23. The van der Waals surface area contributed by atoms with Crippen LogP contribution in [0.2, 0.25) is 4.34 Å². The number of Topliss-reactive ketones (excluding diaryl/α,β-unsaturated/α-hetero) is 1. The van der Waals surface area contributed by atoms with Gasteiger partial charge in [0.1, 0.15) is 20.9 Å². The number of hydrogen-bond acceptors (Lipinski definition) is 4. The topological polar surface area (TPSA) is 39.2 Å². The molecule has 0 amide bonds. The van der Waals surface area contributed by atoms with Crippen LogP contribution in [0.3, 0.4) is 0 Å². The number of nitrogens with zero attached hydrogens (tertiary/aromatic N) is 1. The Hall–Kier alpha value is -1.46. The van der Waals surface area contributed by atoms with Gasteiger partial charge in [-0.2, -0.15) is 0 Å². The molecule has 1 aliphatic rings. The number of thiazole rings is 1. The molecule has 0 bridgehead atoms. The van der Waals surface area contributed by atoms with Crippen LogP contribution in [0.25, 0.3) is 0 Å². The zero-order valence-electron chi connectivity index (χ0n) is 9.02. The second-order valence-electron chi connectivity index (χ2n) is 3.88. The van der Waals surface area contributed by atoms with Gasteiger partial charge >= 0.3 is 0 Å². The summed E-state index contributed by atoms with van der Waals surface area (Å²) in [4.78, 5) is 16.0. The van der Waals surface area contributed by atoms with Gasteiger partial charge in [-0.15, -0.1) is 11.3 Å². The Bertz CT molecular complexity index is 628. The number of ketones is 1. The van der Waals surface area contributed by atoms with Crippen LogP contribution in [0.5, 0.6) is 5.75 Å². The van der Waals surface area contributed by atoms with Gasteiger partial charge in [0, 0.05) is 0 Å². The summed E-state index contributed by atoms with van der Waals surface area (Å²) in [6.07, 6.45) is 1.24. The van der Waals surface area contributed by atoms with Crippen LogP contribution in [0.1, 0.15) is 27.9 Å². The molecule has 1 aliphatic heterocycles. The highest BCUT2D eigenvalue weighted by atomic mass is 35.5. The second kappa shape index (κ2) is 4.33. The molecular formula is C12H7ClFNO2S. The molecule has 0 aliphatic carbocycles. The summed E-state index contributed by atoms with van der Waals surface area (Å²) in [5.41, 5.74) is 0.286. The number of carbonyl (C=O) groups excluding carboxylic acids is 1. The Morgan fingerprint density at radius 3 is 3.06 bits per heavy atom. The number of halogens is 2. The van der Waals surface area contributed by atoms with Crippen LogP contribution in [-0.4, -0.2) is 10.8 Å². The first kappa shape index (κ1) is 11.6. The van der Waals surface area contributed by atoms with Gasteiger partial charge in [-0.1, -0.05) is 11.6 Å². The van der Waals surface area contributed by atoms with Gasteiger partial charge in [0.05, 0.1) is 18.2 Å². The third-order valence-corrected chi connectivity index (χ3v) is 3.86. The first-order valence-electron chi connectivity index (χ1n) is 5.24. The molecule has 1 unspecified atom stereocenters. The normalized spacial score (nSPS) is 18.3. The van der Waals surface area contributed by atoms with Crippen molar-refractivity contribution in [1.29, 1.82) is 0 Å². The van der Waals surface area contributed by atoms with Crippen molar-refractivity contribution in [3.63, 3.8) is 0 Å². The van der Waals surface area contributed by atoms with E-state index in [4.69, 9.17) is 16.3 Å². The molecule has 6 heteroatoms. The Morgan fingerprint density at radius 2 is 2.33 bits per heavy atom. The molecule has 2 heterocycles. The first-order chi connectivity index (χ1) is 8.63. The number of ether oxygens (including phenoxy) is 1. The summed E-state index contributed by atoms with van der Waals surface area (Å²) >= 11 is 7.08. The minimum absolute atomic E-state index is 0.146. The summed E-state index contributed by atoms with van der Waals surface area (Å²) in [5, 5.41) is 0.656. The minimum atomic E-state index is -0.443. The van der Waals surface area contributed by atoms with Gasteiger partial charge in [0.15, 0.2) is 11.9 Å². The lowest BCUT2D eigenvalue weighted by molar-refractivity contribution is 0.0848. The molecule has 2 aromatic rings. The van der Waals surface area contributed by atoms with Gasteiger partial charge in [0.25, 0.3) is 0 Å². The molecule has 3 rings (SSSR count). The standard InChI is InChI=1S/C12H7ClFNO2S/c13-11-5-15-12(18-11)10-4-8(16)7-3-6(14)1-2-9(7)17-10/h1-3,5,10H,4H2. The van der Waals surface area contributed by atoms with E-state index in [9.17, 15) is 9.18 Å². The molecule has 1 aromatic carbocycles. The molecule has 0 radical (unpaired) electrons. The van der Waals surface area contributed by atoms with Crippen molar-refractivity contribution >= 4 is 28.7 Å². The Kier molecular flexibility index (Phi) is 2.80. The van der Waals surface area contributed by atoms with Crippen LogP contribution < -0.4 is 4.74 Å². The molecular weight excluding hydrogens is 277 g/mol. The predicted octanol–water partition coefficient (Wildman–Crippen LogP) is 3.64. The average Bonchev–Trinajstić information content (AvgIpc) is 2.77. The third-order valence-electron chi connectivity index (χ3n) is 2.65. The van der Waals surface area contributed by atoms with Gasteiger partial charge in [0.2, 0.25) is 0 Å². The fraction of sp³-hybridized carbons (Fsp3) is 0.167. The van der Waals surface area contributed by atoms with Crippen molar-refractivity contribution in [3.05, 3.63) is 45.1 Å². The van der Waals surface area contributed by atoms with E-state index in [0.717, 1.165) is 0 Å². The second-order valence-corrected chi connectivity index (χ2v) is 5.57. The highest BCUT2D eigenvalue weighted by Crippen LogP contribution is 2.37. The lowest BCUT2D eigenvalue weighted by Crippen LogP contribution is -2.20. The number of fused-ring (bicyclic) bond motifs is 1. The van der Waals surface area contributed by atoms with Crippen LogP contribution in [-0.2, 0) is 0 Å². The highest BCUT2D eigenvalue weighted by Gasteiger charge is 2.29.